The monoisotopic (exact) mass is 321 g/mol. The van der Waals surface area contributed by atoms with E-state index in [1.165, 1.54) is 14.2 Å². The van der Waals surface area contributed by atoms with Crippen molar-refractivity contribution in [2.45, 2.75) is 18.1 Å². The normalized spacial score (nSPS) is 11.6. The topological polar surface area (TPSA) is 64.6 Å². The van der Waals surface area contributed by atoms with Crippen molar-refractivity contribution in [2.24, 2.45) is 0 Å². The molecule has 0 aliphatic rings. The van der Waals surface area contributed by atoms with Crippen LogP contribution in [0.2, 0.25) is 0 Å². The van der Waals surface area contributed by atoms with Gasteiger partial charge in [0.15, 0.2) is 6.29 Å². The number of rotatable bonds is 6. The average molecular weight is 321 g/mol. The Balaban J connectivity index is 2.36. The molecule has 6 heteroatoms. The Hall–Kier alpha value is -1.89. The molecule has 0 spiro atoms. The molecule has 2 rings (SSSR count). The van der Waals surface area contributed by atoms with E-state index in [2.05, 4.69) is 4.72 Å². The number of aryl methyl sites for hydroxylation is 1. The fourth-order valence-corrected chi connectivity index (χ4v) is 3.15. The van der Waals surface area contributed by atoms with Crippen molar-refractivity contribution in [1.82, 2.24) is 0 Å². The van der Waals surface area contributed by atoms with E-state index in [9.17, 15) is 8.42 Å². The maximum Gasteiger partial charge on any atom is 0.261 e. The van der Waals surface area contributed by atoms with Gasteiger partial charge in [-0.25, -0.2) is 8.42 Å². The predicted molar refractivity (Wildman–Crippen MR) is 85.2 cm³/mol. The minimum Gasteiger partial charge on any atom is -0.352 e. The summed E-state index contributed by atoms with van der Waals surface area (Å²) in [7, 11) is -0.665. The number of hydrogen-bond donors (Lipinski definition) is 1. The summed E-state index contributed by atoms with van der Waals surface area (Å²) in [6, 6.07) is 13.6. The maximum absolute atomic E-state index is 12.5. The van der Waals surface area contributed by atoms with Crippen molar-refractivity contribution in [2.75, 3.05) is 18.9 Å². The zero-order valence-corrected chi connectivity index (χ0v) is 13.6. The van der Waals surface area contributed by atoms with Crippen LogP contribution < -0.4 is 4.72 Å². The Morgan fingerprint density at radius 1 is 0.955 bits per heavy atom. The number of ether oxygens (including phenoxy) is 2. The van der Waals surface area contributed by atoms with E-state index in [0.717, 1.165) is 5.56 Å². The fraction of sp³-hybridized carbons (Fsp3) is 0.250. The summed E-state index contributed by atoms with van der Waals surface area (Å²) in [5, 5.41) is 0. The van der Waals surface area contributed by atoms with Crippen molar-refractivity contribution in [3.63, 3.8) is 0 Å². The molecule has 1 N–H and O–H groups in total. The highest BCUT2D eigenvalue weighted by molar-refractivity contribution is 7.92. The molecule has 0 aliphatic carbocycles. The Morgan fingerprint density at radius 2 is 1.55 bits per heavy atom. The van der Waals surface area contributed by atoms with Gasteiger partial charge in [-0.2, -0.15) is 0 Å². The summed E-state index contributed by atoms with van der Waals surface area (Å²) >= 11 is 0. The van der Waals surface area contributed by atoms with Crippen LogP contribution in [-0.2, 0) is 19.5 Å². The molecule has 2 aromatic carbocycles. The van der Waals surface area contributed by atoms with Gasteiger partial charge in [0.2, 0.25) is 0 Å². The van der Waals surface area contributed by atoms with E-state index >= 15 is 0 Å². The molecule has 0 fully saturated rings. The van der Waals surface area contributed by atoms with Gasteiger partial charge in [0.05, 0.1) is 10.6 Å². The SMILES string of the molecule is COC(OC)c1ccccc1NS(=O)(=O)c1ccc(C)cc1. The number of methoxy groups -OCH3 is 2. The average Bonchev–Trinajstić information content (AvgIpc) is 2.50. The third-order valence-corrected chi connectivity index (χ3v) is 4.60. The lowest BCUT2D eigenvalue weighted by molar-refractivity contribution is -0.105. The molecule has 0 unspecified atom stereocenters. The van der Waals surface area contributed by atoms with Crippen LogP contribution in [0.3, 0.4) is 0 Å². The van der Waals surface area contributed by atoms with Crippen LogP contribution in [0.5, 0.6) is 0 Å². The van der Waals surface area contributed by atoms with E-state index in [-0.39, 0.29) is 4.90 Å². The molecular formula is C16H19NO4S. The minimum absolute atomic E-state index is 0.208. The molecule has 22 heavy (non-hydrogen) atoms. The van der Waals surface area contributed by atoms with Gasteiger partial charge < -0.3 is 9.47 Å². The summed E-state index contributed by atoms with van der Waals surface area (Å²) in [4.78, 5) is 0.208. The second-order valence-corrected chi connectivity index (χ2v) is 6.49. The molecule has 0 heterocycles. The van der Waals surface area contributed by atoms with Crippen LogP contribution in [0.4, 0.5) is 5.69 Å². The van der Waals surface area contributed by atoms with Gasteiger partial charge in [0.25, 0.3) is 10.0 Å². The van der Waals surface area contributed by atoms with Crippen LogP contribution in [0.25, 0.3) is 0 Å². The first-order chi connectivity index (χ1) is 10.5. The molecule has 0 atom stereocenters. The first kappa shape index (κ1) is 16.5. The van der Waals surface area contributed by atoms with Crippen LogP contribution >= 0.6 is 0 Å². The molecule has 0 saturated heterocycles. The van der Waals surface area contributed by atoms with Gasteiger partial charge >= 0.3 is 0 Å². The second-order valence-electron chi connectivity index (χ2n) is 4.81. The van der Waals surface area contributed by atoms with Gasteiger partial charge in [-0.1, -0.05) is 35.9 Å². The lowest BCUT2D eigenvalue weighted by atomic mass is 10.2. The van der Waals surface area contributed by atoms with Crippen LogP contribution in [0.1, 0.15) is 17.4 Å². The summed E-state index contributed by atoms with van der Waals surface area (Å²) in [5.74, 6) is 0. The molecule has 0 aromatic heterocycles. The molecule has 0 amide bonds. The van der Waals surface area contributed by atoms with E-state index in [1.807, 2.05) is 6.92 Å². The zero-order chi connectivity index (χ0) is 16.2. The third kappa shape index (κ3) is 3.65. The highest BCUT2D eigenvalue weighted by atomic mass is 32.2. The Labute approximate surface area is 130 Å². The van der Waals surface area contributed by atoms with Crippen molar-refractivity contribution < 1.29 is 17.9 Å². The van der Waals surface area contributed by atoms with Gasteiger partial charge in [-0.15, -0.1) is 0 Å². The van der Waals surface area contributed by atoms with Gasteiger partial charge in [0.1, 0.15) is 0 Å². The number of anilines is 1. The number of sulfonamides is 1. The molecule has 118 valence electrons. The molecule has 2 aromatic rings. The molecular weight excluding hydrogens is 302 g/mol. The molecule has 0 bridgehead atoms. The summed E-state index contributed by atoms with van der Waals surface area (Å²) in [5.41, 5.74) is 2.04. The van der Waals surface area contributed by atoms with E-state index in [1.54, 1.807) is 48.5 Å². The summed E-state index contributed by atoms with van der Waals surface area (Å²) in [6.07, 6.45) is -0.642. The van der Waals surface area contributed by atoms with Crippen LogP contribution in [-0.4, -0.2) is 22.6 Å². The quantitative estimate of drug-likeness (QED) is 0.830. The lowest BCUT2D eigenvalue weighted by Crippen LogP contribution is -2.16. The first-order valence-electron chi connectivity index (χ1n) is 6.72. The Morgan fingerprint density at radius 3 is 2.14 bits per heavy atom. The summed E-state index contributed by atoms with van der Waals surface area (Å²) < 4.78 is 37.9. The number of hydrogen-bond acceptors (Lipinski definition) is 4. The molecule has 0 saturated carbocycles. The van der Waals surface area contributed by atoms with Crippen LogP contribution in [0.15, 0.2) is 53.4 Å². The van der Waals surface area contributed by atoms with Crippen molar-refractivity contribution >= 4 is 15.7 Å². The number of benzene rings is 2. The zero-order valence-electron chi connectivity index (χ0n) is 12.7. The standard InChI is InChI=1S/C16H19NO4S/c1-12-8-10-13(11-9-12)22(18,19)17-15-7-5-4-6-14(15)16(20-2)21-3/h4-11,16-17H,1-3H3. The van der Waals surface area contributed by atoms with Gasteiger partial charge in [-0.3, -0.25) is 4.72 Å². The third-order valence-electron chi connectivity index (χ3n) is 3.22. The van der Waals surface area contributed by atoms with Crippen molar-refractivity contribution in [1.29, 1.82) is 0 Å². The Kier molecular flexibility index (Phi) is 5.18. The van der Waals surface area contributed by atoms with E-state index < -0.39 is 16.3 Å². The molecule has 5 nitrogen and oxygen atoms in total. The van der Waals surface area contributed by atoms with E-state index in [4.69, 9.17) is 9.47 Å². The van der Waals surface area contributed by atoms with Gasteiger partial charge in [-0.05, 0) is 25.1 Å². The highest BCUT2D eigenvalue weighted by Gasteiger charge is 2.19. The van der Waals surface area contributed by atoms with E-state index in [0.29, 0.717) is 11.3 Å². The first-order valence-corrected chi connectivity index (χ1v) is 8.20. The predicted octanol–water partition coefficient (Wildman–Crippen LogP) is 3.09. The largest absolute Gasteiger partial charge is 0.352 e. The minimum atomic E-state index is -3.66. The number of nitrogens with one attached hydrogen (secondary N) is 1. The fourth-order valence-electron chi connectivity index (χ4n) is 2.07. The molecule has 0 aliphatic heterocycles. The second kappa shape index (κ2) is 6.91. The highest BCUT2D eigenvalue weighted by Crippen LogP contribution is 2.27. The Bertz CT molecular complexity index is 722. The van der Waals surface area contributed by atoms with Gasteiger partial charge in [0, 0.05) is 19.8 Å². The van der Waals surface area contributed by atoms with Crippen molar-refractivity contribution in [3.05, 3.63) is 59.7 Å². The summed E-state index contributed by atoms with van der Waals surface area (Å²) in [6.45, 7) is 1.90. The number of para-hydroxylation sites is 1. The smallest absolute Gasteiger partial charge is 0.261 e. The lowest BCUT2D eigenvalue weighted by Gasteiger charge is -2.18. The maximum atomic E-state index is 12.5. The van der Waals surface area contributed by atoms with Crippen molar-refractivity contribution in [3.8, 4) is 0 Å². The molecule has 0 radical (unpaired) electrons. The van der Waals surface area contributed by atoms with Crippen LogP contribution in [0, 0.1) is 6.92 Å².